The first-order valence-corrected chi connectivity index (χ1v) is 10.3. The monoisotopic (exact) mass is 449 g/mol. The Morgan fingerprint density at radius 2 is 1.52 bits per heavy atom. The fraction of sp³-hybridized carbons (Fsp3) is 0.238. The molecule has 1 saturated heterocycles. The minimum Gasteiger partial charge on any atom is -0.363 e. The zero-order valence-corrected chi connectivity index (χ0v) is 17.7. The zero-order chi connectivity index (χ0) is 20.5. The van der Waals surface area contributed by atoms with E-state index < -0.39 is 11.8 Å². The first kappa shape index (κ1) is 20.2. The number of anilines is 1. The van der Waals surface area contributed by atoms with Gasteiger partial charge < -0.3 is 4.90 Å². The molecule has 4 rings (SSSR count). The second-order valence-electron chi connectivity index (χ2n) is 6.95. The molecule has 2 aliphatic heterocycles. The van der Waals surface area contributed by atoms with Gasteiger partial charge in [-0.05, 0) is 23.8 Å². The molecule has 150 valence electrons. The van der Waals surface area contributed by atoms with E-state index in [0.29, 0.717) is 18.1 Å². The van der Waals surface area contributed by atoms with Crippen molar-refractivity contribution in [2.75, 3.05) is 31.1 Å². The van der Waals surface area contributed by atoms with Crippen LogP contribution in [0.25, 0.3) is 0 Å². The van der Waals surface area contributed by atoms with Crippen LogP contribution >= 0.6 is 34.8 Å². The maximum atomic E-state index is 13.1. The SMILES string of the molecule is O=C1C(Cl)=C(N2CCN(Cc3ccccc3)CC2)C(=O)N1c1cc(Cl)ccc1Cl. The summed E-state index contributed by atoms with van der Waals surface area (Å²) in [7, 11) is 0. The maximum absolute atomic E-state index is 13.1. The molecule has 8 heteroatoms. The largest absolute Gasteiger partial charge is 0.363 e. The van der Waals surface area contributed by atoms with E-state index in [1.54, 1.807) is 12.1 Å². The van der Waals surface area contributed by atoms with Crippen LogP contribution in [0, 0.1) is 0 Å². The number of hydrogen-bond donors (Lipinski definition) is 0. The molecular formula is C21H18Cl3N3O2. The van der Waals surface area contributed by atoms with Crippen LogP contribution in [0.2, 0.25) is 10.0 Å². The number of halogens is 3. The Bertz CT molecular complexity index is 986. The van der Waals surface area contributed by atoms with E-state index in [1.807, 2.05) is 23.1 Å². The average molecular weight is 451 g/mol. The minimum absolute atomic E-state index is 0.0810. The van der Waals surface area contributed by atoms with E-state index in [4.69, 9.17) is 34.8 Å². The number of piperazine rings is 1. The molecule has 1 fully saturated rings. The number of benzene rings is 2. The summed E-state index contributed by atoms with van der Waals surface area (Å²) < 4.78 is 0. The second-order valence-corrected chi connectivity index (χ2v) is 8.17. The van der Waals surface area contributed by atoms with E-state index >= 15 is 0 Å². The van der Waals surface area contributed by atoms with Gasteiger partial charge in [0.05, 0.1) is 10.7 Å². The predicted molar refractivity (Wildman–Crippen MR) is 115 cm³/mol. The van der Waals surface area contributed by atoms with E-state index in [0.717, 1.165) is 24.5 Å². The minimum atomic E-state index is -0.581. The highest BCUT2D eigenvalue weighted by Gasteiger charge is 2.42. The van der Waals surface area contributed by atoms with Crippen LogP contribution in [0.4, 0.5) is 5.69 Å². The van der Waals surface area contributed by atoms with Crippen molar-refractivity contribution in [2.45, 2.75) is 6.54 Å². The second kappa shape index (κ2) is 8.36. The number of carbonyl (C=O) groups is 2. The van der Waals surface area contributed by atoms with Crippen LogP contribution in [-0.2, 0) is 16.1 Å². The third-order valence-electron chi connectivity index (χ3n) is 5.09. The van der Waals surface area contributed by atoms with Crippen LogP contribution in [0.5, 0.6) is 0 Å². The third-order valence-corrected chi connectivity index (χ3v) is 5.99. The van der Waals surface area contributed by atoms with Crippen LogP contribution in [-0.4, -0.2) is 47.8 Å². The Morgan fingerprint density at radius 3 is 2.21 bits per heavy atom. The highest BCUT2D eigenvalue weighted by Crippen LogP contribution is 2.36. The van der Waals surface area contributed by atoms with Crippen LogP contribution in [0.3, 0.4) is 0 Å². The molecule has 29 heavy (non-hydrogen) atoms. The van der Waals surface area contributed by atoms with Crippen LogP contribution < -0.4 is 4.90 Å². The summed E-state index contributed by atoms with van der Waals surface area (Å²) in [5.74, 6) is -1.05. The normalized spacial score (nSPS) is 18.2. The first-order valence-electron chi connectivity index (χ1n) is 9.20. The topological polar surface area (TPSA) is 43.9 Å². The molecule has 0 saturated carbocycles. The molecule has 5 nitrogen and oxygen atoms in total. The number of carbonyl (C=O) groups excluding carboxylic acids is 2. The van der Waals surface area contributed by atoms with Crippen molar-refractivity contribution >= 4 is 52.3 Å². The average Bonchev–Trinajstić information content (AvgIpc) is 2.94. The quantitative estimate of drug-likeness (QED) is 0.657. The molecule has 2 heterocycles. The standard InChI is InChI=1S/C21H18Cl3N3O2/c22-15-6-7-16(23)17(12-15)27-20(28)18(24)19(21(27)29)26-10-8-25(9-11-26)13-14-4-2-1-3-5-14/h1-7,12H,8-11,13H2. The fourth-order valence-electron chi connectivity index (χ4n) is 3.61. The smallest absolute Gasteiger partial charge is 0.283 e. The Kier molecular flexibility index (Phi) is 5.83. The molecular weight excluding hydrogens is 433 g/mol. The Labute approximate surface area is 184 Å². The molecule has 0 N–H and O–H groups in total. The molecule has 2 aromatic rings. The van der Waals surface area contributed by atoms with E-state index in [2.05, 4.69) is 17.0 Å². The molecule has 0 atom stereocenters. The fourth-order valence-corrected chi connectivity index (χ4v) is 4.27. The number of amides is 2. The van der Waals surface area contributed by atoms with Gasteiger partial charge in [0.25, 0.3) is 11.8 Å². The van der Waals surface area contributed by atoms with Crippen molar-refractivity contribution in [2.24, 2.45) is 0 Å². The molecule has 2 aliphatic rings. The Morgan fingerprint density at radius 1 is 0.828 bits per heavy atom. The van der Waals surface area contributed by atoms with Gasteiger partial charge in [0.15, 0.2) is 0 Å². The Balaban J connectivity index is 1.48. The van der Waals surface area contributed by atoms with Crippen molar-refractivity contribution < 1.29 is 9.59 Å². The molecule has 0 spiro atoms. The van der Waals surface area contributed by atoms with Crippen LogP contribution in [0.15, 0.2) is 59.3 Å². The van der Waals surface area contributed by atoms with Gasteiger partial charge in [-0.1, -0.05) is 65.1 Å². The highest BCUT2D eigenvalue weighted by atomic mass is 35.5. The van der Waals surface area contributed by atoms with Crippen molar-refractivity contribution in [1.29, 1.82) is 0 Å². The molecule has 0 radical (unpaired) electrons. The van der Waals surface area contributed by atoms with E-state index in [-0.39, 0.29) is 21.4 Å². The number of imide groups is 1. The summed E-state index contributed by atoms with van der Waals surface area (Å²) in [6.07, 6.45) is 0. The molecule has 0 bridgehead atoms. The van der Waals surface area contributed by atoms with Gasteiger partial charge in [-0.15, -0.1) is 0 Å². The summed E-state index contributed by atoms with van der Waals surface area (Å²) in [5.41, 5.74) is 1.71. The van der Waals surface area contributed by atoms with Crippen molar-refractivity contribution in [3.8, 4) is 0 Å². The van der Waals surface area contributed by atoms with Gasteiger partial charge in [-0.2, -0.15) is 0 Å². The Hall–Kier alpha value is -2.05. The lowest BCUT2D eigenvalue weighted by molar-refractivity contribution is -0.121. The van der Waals surface area contributed by atoms with Crippen molar-refractivity contribution in [3.05, 3.63) is 74.9 Å². The molecule has 2 amide bonds. The lowest BCUT2D eigenvalue weighted by Gasteiger charge is -2.36. The van der Waals surface area contributed by atoms with Gasteiger partial charge in [0, 0.05) is 37.7 Å². The molecule has 2 aromatic carbocycles. The summed E-state index contributed by atoms with van der Waals surface area (Å²) >= 11 is 18.5. The molecule has 0 aromatic heterocycles. The number of rotatable bonds is 4. The zero-order valence-electron chi connectivity index (χ0n) is 15.4. The van der Waals surface area contributed by atoms with Gasteiger partial charge in [-0.3, -0.25) is 14.5 Å². The number of nitrogens with zero attached hydrogens (tertiary/aromatic N) is 3. The predicted octanol–water partition coefficient (Wildman–Crippen LogP) is 4.13. The van der Waals surface area contributed by atoms with Crippen molar-refractivity contribution in [1.82, 2.24) is 9.80 Å². The van der Waals surface area contributed by atoms with Gasteiger partial charge in [-0.25, -0.2) is 4.90 Å². The van der Waals surface area contributed by atoms with Crippen molar-refractivity contribution in [3.63, 3.8) is 0 Å². The summed E-state index contributed by atoms with van der Waals surface area (Å²) in [5, 5.41) is 0.557. The van der Waals surface area contributed by atoms with E-state index in [9.17, 15) is 9.59 Å². The third kappa shape index (κ3) is 4.01. The molecule has 0 aliphatic carbocycles. The highest BCUT2D eigenvalue weighted by molar-refractivity contribution is 6.53. The van der Waals surface area contributed by atoms with E-state index in [1.165, 1.54) is 11.6 Å². The first-order chi connectivity index (χ1) is 14.0. The van der Waals surface area contributed by atoms with Gasteiger partial charge in [0.2, 0.25) is 0 Å². The lowest BCUT2D eigenvalue weighted by atomic mass is 10.2. The lowest BCUT2D eigenvalue weighted by Crippen LogP contribution is -2.47. The summed E-state index contributed by atoms with van der Waals surface area (Å²) in [6, 6.07) is 14.9. The molecule has 0 unspecified atom stereocenters. The number of hydrogen-bond acceptors (Lipinski definition) is 4. The van der Waals surface area contributed by atoms with Crippen LogP contribution in [0.1, 0.15) is 5.56 Å². The van der Waals surface area contributed by atoms with Gasteiger partial charge in [0.1, 0.15) is 10.7 Å². The summed E-state index contributed by atoms with van der Waals surface area (Å²) in [6.45, 7) is 3.59. The maximum Gasteiger partial charge on any atom is 0.283 e. The van der Waals surface area contributed by atoms with Gasteiger partial charge >= 0.3 is 0 Å². The summed E-state index contributed by atoms with van der Waals surface area (Å²) in [4.78, 5) is 31.0.